The van der Waals surface area contributed by atoms with Gasteiger partial charge in [-0.15, -0.1) is 11.8 Å². The highest BCUT2D eigenvalue weighted by Crippen LogP contribution is 2.33. The van der Waals surface area contributed by atoms with Gasteiger partial charge in [0.1, 0.15) is 0 Å². The van der Waals surface area contributed by atoms with E-state index in [4.69, 9.17) is 0 Å². The average molecular weight is 388 g/mol. The summed E-state index contributed by atoms with van der Waals surface area (Å²) in [6.45, 7) is 2.70. The van der Waals surface area contributed by atoms with Gasteiger partial charge in [0.15, 0.2) is 0 Å². The van der Waals surface area contributed by atoms with Crippen LogP contribution in [-0.2, 0) is 11.8 Å². The maximum absolute atomic E-state index is 13.2. The molecule has 0 radical (unpaired) electrons. The van der Waals surface area contributed by atoms with Crippen molar-refractivity contribution in [3.63, 3.8) is 0 Å². The molecule has 1 amide bonds. The fourth-order valence-corrected chi connectivity index (χ4v) is 4.57. The van der Waals surface area contributed by atoms with Crippen LogP contribution in [0.25, 0.3) is 0 Å². The molecule has 6 nitrogen and oxygen atoms in total. The summed E-state index contributed by atoms with van der Waals surface area (Å²) in [6.07, 6.45) is 6.32. The standard InChI is InChI=1S/C20H25N3O3S/c1-15(27-17-11-9-16(10-12-17)23(25)26)20(24)22-14-5-3-4-7-19(22)18-8-6-13-21(18)2/h6,8-13,15,19H,3-5,7,14H2,1-2H3. The molecule has 2 aromatic rings. The number of nitrogens with zero attached hydrogens (tertiary/aromatic N) is 3. The van der Waals surface area contributed by atoms with Crippen molar-refractivity contribution in [2.45, 2.75) is 48.8 Å². The number of nitro benzene ring substituents is 1. The molecular weight excluding hydrogens is 362 g/mol. The first-order valence-electron chi connectivity index (χ1n) is 9.30. The number of thioether (sulfide) groups is 1. The van der Waals surface area contributed by atoms with Crippen LogP contribution in [0.1, 0.15) is 44.3 Å². The molecule has 0 saturated carbocycles. The smallest absolute Gasteiger partial charge is 0.269 e. The Kier molecular flexibility index (Phi) is 6.21. The summed E-state index contributed by atoms with van der Waals surface area (Å²) in [5, 5.41) is 10.6. The number of amides is 1. The van der Waals surface area contributed by atoms with E-state index < -0.39 is 4.92 Å². The van der Waals surface area contributed by atoms with Gasteiger partial charge in [0.05, 0.1) is 16.2 Å². The molecule has 2 heterocycles. The number of non-ortho nitro benzene ring substituents is 1. The van der Waals surface area contributed by atoms with Gasteiger partial charge in [-0.1, -0.05) is 12.8 Å². The third kappa shape index (κ3) is 4.53. The minimum atomic E-state index is -0.412. The predicted octanol–water partition coefficient (Wildman–Crippen LogP) is 4.56. The number of nitro groups is 1. The topological polar surface area (TPSA) is 68.4 Å². The van der Waals surface area contributed by atoms with Crippen LogP contribution in [0, 0.1) is 10.1 Å². The third-order valence-corrected chi connectivity index (χ3v) is 6.17. The highest BCUT2D eigenvalue weighted by atomic mass is 32.2. The van der Waals surface area contributed by atoms with E-state index in [9.17, 15) is 14.9 Å². The molecule has 1 aliphatic heterocycles. The van der Waals surface area contributed by atoms with E-state index >= 15 is 0 Å². The van der Waals surface area contributed by atoms with E-state index in [-0.39, 0.29) is 22.9 Å². The molecule has 27 heavy (non-hydrogen) atoms. The van der Waals surface area contributed by atoms with Crippen LogP contribution in [0.5, 0.6) is 0 Å². The van der Waals surface area contributed by atoms with E-state index in [1.807, 2.05) is 31.1 Å². The van der Waals surface area contributed by atoms with E-state index in [1.165, 1.54) is 29.6 Å². The van der Waals surface area contributed by atoms with Crippen LogP contribution in [0.4, 0.5) is 5.69 Å². The highest BCUT2D eigenvalue weighted by molar-refractivity contribution is 8.00. The van der Waals surface area contributed by atoms with Gasteiger partial charge in [-0.3, -0.25) is 14.9 Å². The number of carbonyl (C=O) groups excluding carboxylic acids is 1. The maximum Gasteiger partial charge on any atom is 0.269 e. The number of hydrogen-bond acceptors (Lipinski definition) is 4. The number of benzene rings is 1. The zero-order chi connectivity index (χ0) is 19.4. The van der Waals surface area contributed by atoms with Crippen LogP contribution in [0.15, 0.2) is 47.5 Å². The number of rotatable bonds is 5. The Hall–Kier alpha value is -2.28. The molecular formula is C20H25N3O3S. The molecule has 1 saturated heterocycles. The Labute approximate surface area is 163 Å². The molecule has 0 bridgehead atoms. The summed E-state index contributed by atoms with van der Waals surface area (Å²) in [7, 11) is 2.03. The number of hydrogen-bond donors (Lipinski definition) is 0. The number of carbonyl (C=O) groups is 1. The monoisotopic (exact) mass is 387 g/mol. The average Bonchev–Trinajstić information content (AvgIpc) is 2.93. The third-order valence-electron chi connectivity index (χ3n) is 5.07. The van der Waals surface area contributed by atoms with Gasteiger partial charge in [-0.2, -0.15) is 0 Å². The minimum absolute atomic E-state index is 0.0645. The van der Waals surface area contributed by atoms with Crippen LogP contribution in [0.2, 0.25) is 0 Å². The zero-order valence-electron chi connectivity index (χ0n) is 15.7. The van der Waals surface area contributed by atoms with Crippen molar-refractivity contribution in [3.8, 4) is 0 Å². The molecule has 1 fully saturated rings. The van der Waals surface area contributed by atoms with Crippen molar-refractivity contribution >= 4 is 23.4 Å². The molecule has 1 aliphatic rings. The van der Waals surface area contributed by atoms with Gasteiger partial charge in [-0.05, 0) is 44.0 Å². The first kappa shape index (κ1) is 19.5. The molecule has 2 atom stereocenters. The molecule has 0 spiro atoms. The fourth-order valence-electron chi connectivity index (χ4n) is 3.63. The number of aromatic nitrogens is 1. The van der Waals surface area contributed by atoms with Crippen molar-refractivity contribution in [2.75, 3.05) is 6.54 Å². The van der Waals surface area contributed by atoms with Gasteiger partial charge in [0.25, 0.3) is 5.69 Å². The van der Waals surface area contributed by atoms with Crippen molar-refractivity contribution < 1.29 is 9.72 Å². The fraction of sp³-hybridized carbons (Fsp3) is 0.450. The Bertz CT molecular complexity index is 803. The quantitative estimate of drug-likeness (QED) is 0.428. The number of likely N-dealkylation sites (tertiary alicyclic amines) is 1. The zero-order valence-corrected chi connectivity index (χ0v) is 16.5. The highest BCUT2D eigenvalue weighted by Gasteiger charge is 2.31. The Morgan fingerprint density at radius 2 is 1.96 bits per heavy atom. The van der Waals surface area contributed by atoms with Gasteiger partial charge in [0, 0.05) is 42.5 Å². The Morgan fingerprint density at radius 1 is 1.22 bits per heavy atom. The summed E-state index contributed by atoms with van der Waals surface area (Å²) in [5.41, 5.74) is 1.24. The molecule has 3 rings (SSSR count). The molecule has 0 aliphatic carbocycles. The second kappa shape index (κ2) is 8.61. The molecule has 0 N–H and O–H groups in total. The van der Waals surface area contributed by atoms with Crippen molar-refractivity contribution in [1.82, 2.24) is 9.47 Å². The summed E-state index contributed by atoms with van der Waals surface area (Å²) in [4.78, 5) is 26.5. The SMILES string of the molecule is CC(Sc1ccc([N+](=O)[O-])cc1)C(=O)N1CCCCCC1c1cccn1C. The Balaban J connectivity index is 1.74. The van der Waals surface area contributed by atoms with Gasteiger partial charge in [-0.25, -0.2) is 0 Å². The minimum Gasteiger partial charge on any atom is -0.353 e. The molecule has 1 aromatic heterocycles. The summed E-state index contributed by atoms with van der Waals surface area (Å²) in [6, 6.07) is 10.6. The lowest BCUT2D eigenvalue weighted by Crippen LogP contribution is -2.40. The molecule has 2 unspecified atom stereocenters. The first-order chi connectivity index (χ1) is 13.0. The van der Waals surface area contributed by atoms with Crippen LogP contribution in [-0.4, -0.2) is 32.1 Å². The van der Waals surface area contributed by atoms with E-state index in [2.05, 4.69) is 10.6 Å². The molecule has 144 valence electrons. The first-order valence-corrected chi connectivity index (χ1v) is 10.2. The predicted molar refractivity (Wildman–Crippen MR) is 107 cm³/mol. The summed E-state index contributed by atoms with van der Waals surface area (Å²) < 4.78 is 2.10. The van der Waals surface area contributed by atoms with Crippen molar-refractivity contribution in [1.29, 1.82) is 0 Å². The maximum atomic E-state index is 13.2. The van der Waals surface area contributed by atoms with Gasteiger partial charge < -0.3 is 9.47 Å². The summed E-state index contributed by atoms with van der Waals surface area (Å²) >= 11 is 1.46. The lowest BCUT2D eigenvalue weighted by atomic mass is 10.1. The second-order valence-corrected chi connectivity index (χ2v) is 8.37. The Morgan fingerprint density at radius 3 is 2.59 bits per heavy atom. The normalized spacial score (nSPS) is 18.7. The largest absolute Gasteiger partial charge is 0.353 e. The van der Waals surface area contributed by atoms with Crippen LogP contribution in [0.3, 0.4) is 0 Å². The van der Waals surface area contributed by atoms with Crippen molar-refractivity contribution in [2.24, 2.45) is 7.05 Å². The number of aryl methyl sites for hydroxylation is 1. The van der Waals surface area contributed by atoms with Crippen LogP contribution < -0.4 is 0 Å². The van der Waals surface area contributed by atoms with Gasteiger partial charge >= 0.3 is 0 Å². The lowest BCUT2D eigenvalue weighted by Gasteiger charge is -2.32. The molecule has 7 heteroatoms. The van der Waals surface area contributed by atoms with Crippen LogP contribution >= 0.6 is 11.8 Å². The van der Waals surface area contributed by atoms with Crippen molar-refractivity contribution in [3.05, 3.63) is 58.4 Å². The van der Waals surface area contributed by atoms with Gasteiger partial charge in [0.2, 0.25) is 5.91 Å². The lowest BCUT2D eigenvalue weighted by molar-refractivity contribution is -0.384. The summed E-state index contributed by atoms with van der Waals surface area (Å²) in [5.74, 6) is 0.131. The van der Waals surface area contributed by atoms with E-state index in [0.717, 1.165) is 37.1 Å². The van der Waals surface area contributed by atoms with E-state index in [1.54, 1.807) is 12.1 Å². The van der Waals surface area contributed by atoms with E-state index in [0.29, 0.717) is 0 Å². The molecule has 1 aromatic carbocycles. The second-order valence-electron chi connectivity index (χ2n) is 6.95.